The van der Waals surface area contributed by atoms with E-state index in [1.807, 2.05) is 36.0 Å². The minimum atomic E-state index is -0.0276. The van der Waals surface area contributed by atoms with Gasteiger partial charge in [-0.1, -0.05) is 37.3 Å². The number of imidazole rings is 1. The van der Waals surface area contributed by atoms with Gasteiger partial charge in [-0.05, 0) is 47.9 Å². The fourth-order valence-corrected chi connectivity index (χ4v) is 2.53. The lowest BCUT2D eigenvalue weighted by molar-refractivity contribution is 0.104. The number of nitrogens with zero attached hydrogens (tertiary/aromatic N) is 2. The smallest absolute Gasteiger partial charge is 0.185 e. The zero-order valence-electron chi connectivity index (χ0n) is 15.1. The molecule has 2 aromatic carbocycles. The first-order valence-electron chi connectivity index (χ1n) is 8.66. The van der Waals surface area contributed by atoms with Gasteiger partial charge in [-0.3, -0.25) is 4.79 Å². The monoisotopic (exact) mass is 346 g/mol. The number of hydrogen-bond donors (Lipinski definition) is 0. The van der Waals surface area contributed by atoms with Crippen molar-refractivity contribution in [2.24, 2.45) is 7.05 Å². The molecule has 0 atom stereocenters. The molecule has 3 rings (SSSR count). The number of ether oxygens (including phenoxy) is 1. The number of carbonyl (C=O) groups excluding carboxylic acids is 1. The van der Waals surface area contributed by atoms with Crippen molar-refractivity contribution in [2.75, 3.05) is 0 Å². The predicted molar refractivity (Wildman–Crippen MR) is 103 cm³/mol. The molecule has 4 heteroatoms. The summed E-state index contributed by atoms with van der Waals surface area (Å²) in [4.78, 5) is 16.5. The van der Waals surface area contributed by atoms with Gasteiger partial charge in [0.15, 0.2) is 5.78 Å². The van der Waals surface area contributed by atoms with Crippen molar-refractivity contribution in [1.29, 1.82) is 0 Å². The van der Waals surface area contributed by atoms with Crippen LogP contribution in [0, 0.1) is 0 Å². The molecule has 132 valence electrons. The highest BCUT2D eigenvalue weighted by atomic mass is 16.5. The second-order valence-electron chi connectivity index (χ2n) is 6.06. The number of carbonyl (C=O) groups is 1. The van der Waals surface area contributed by atoms with Crippen molar-refractivity contribution in [3.05, 3.63) is 89.5 Å². The molecule has 0 unspecified atom stereocenters. The first-order valence-corrected chi connectivity index (χ1v) is 8.66. The summed E-state index contributed by atoms with van der Waals surface area (Å²) >= 11 is 0. The van der Waals surface area contributed by atoms with Crippen molar-refractivity contribution in [3.63, 3.8) is 0 Å². The second-order valence-corrected chi connectivity index (χ2v) is 6.06. The Morgan fingerprint density at radius 3 is 2.46 bits per heavy atom. The summed E-state index contributed by atoms with van der Waals surface area (Å²) in [6, 6.07) is 15.4. The van der Waals surface area contributed by atoms with E-state index in [0.717, 1.165) is 17.8 Å². The lowest BCUT2D eigenvalue weighted by Crippen LogP contribution is -2.03. The molecule has 0 saturated carbocycles. The molecule has 1 heterocycles. The fourth-order valence-electron chi connectivity index (χ4n) is 2.53. The average molecular weight is 346 g/mol. The van der Waals surface area contributed by atoms with Crippen LogP contribution in [0.3, 0.4) is 0 Å². The molecule has 0 aliphatic heterocycles. The van der Waals surface area contributed by atoms with Gasteiger partial charge in [-0.2, -0.15) is 0 Å². The molecule has 0 bridgehead atoms. The van der Waals surface area contributed by atoms with Crippen LogP contribution in [0.2, 0.25) is 0 Å². The predicted octanol–water partition coefficient (Wildman–Crippen LogP) is 4.46. The van der Waals surface area contributed by atoms with E-state index in [1.165, 1.54) is 5.56 Å². The van der Waals surface area contributed by atoms with Crippen LogP contribution in [0.25, 0.3) is 6.08 Å². The molecule has 0 amide bonds. The Balaban J connectivity index is 1.59. The first-order chi connectivity index (χ1) is 12.7. The van der Waals surface area contributed by atoms with Crippen LogP contribution in [-0.4, -0.2) is 15.3 Å². The summed E-state index contributed by atoms with van der Waals surface area (Å²) in [6.45, 7) is 2.52. The number of aryl methyl sites for hydroxylation is 2. The lowest BCUT2D eigenvalue weighted by Gasteiger charge is -2.06. The molecular weight excluding hydrogens is 324 g/mol. The summed E-state index contributed by atoms with van der Waals surface area (Å²) in [5.41, 5.74) is 2.94. The Morgan fingerprint density at radius 2 is 1.85 bits per heavy atom. The van der Waals surface area contributed by atoms with Gasteiger partial charge in [0.25, 0.3) is 0 Å². The maximum Gasteiger partial charge on any atom is 0.185 e. The third-order valence-electron chi connectivity index (χ3n) is 4.24. The summed E-state index contributed by atoms with van der Waals surface area (Å²) in [5.74, 6) is 1.53. The van der Waals surface area contributed by atoms with Crippen molar-refractivity contribution in [3.8, 4) is 5.75 Å². The van der Waals surface area contributed by atoms with Gasteiger partial charge in [0.1, 0.15) is 18.2 Å². The van der Waals surface area contributed by atoms with Crippen LogP contribution < -0.4 is 4.74 Å². The first kappa shape index (κ1) is 17.7. The van der Waals surface area contributed by atoms with Crippen LogP contribution in [0.1, 0.15) is 34.2 Å². The van der Waals surface area contributed by atoms with Gasteiger partial charge in [0.2, 0.25) is 0 Å². The molecule has 26 heavy (non-hydrogen) atoms. The lowest BCUT2D eigenvalue weighted by atomic mass is 10.1. The summed E-state index contributed by atoms with van der Waals surface area (Å²) < 4.78 is 7.62. The molecular formula is C22H22N2O2. The van der Waals surface area contributed by atoms with E-state index in [4.69, 9.17) is 4.74 Å². The highest BCUT2D eigenvalue weighted by molar-refractivity contribution is 6.06. The largest absolute Gasteiger partial charge is 0.486 e. The van der Waals surface area contributed by atoms with E-state index in [2.05, 4.69) is 24.0 Å². The standard InChI is InChI=1S/C22H22N2O2/c1-3-17-4-6-18(7-5-17)8-13-21(25)19-9-11-20(12-10-19)26-16-22-23-14-15-24(22)2/h4-15H,3,16H2,1-2H3/b13-8+. The zero-order chi connectivity index (χ0) is 18.4. The number of allylic oxidation sites excluding steroid dienone is 1. The van der Waals surface area contributed by atoms with Gasteiger partial charge in [-0.25, -0.2) is 4.98 Å². The molecule has 4 nitrogen and oxygen atoms in total. The number of rotatable bonds is 7. The highest BCUT2D eigenvalue weighted by Crippen LogP contribution is 2.15. The molecule has 0 spiro atoms. The quantitative estimate of drug-likeness (QED) is 0.469. The fraction of sp³-hybridized carbons (Fsp3) is 0.182. The zero-order valence-corrected chi connectivity index (χ0v) is 15.1. The van der Waals surface area contributed by atoms with Crippen LogP contribution in [-0.2, 0) is 20.1 Å². The van der Waals surface area contributed by atoms with E-state index >= 15 is 0 Å². The van der Waals surface area contributed by atoms with Crippen molar-refractivity contribution in [1.82, 2.24) is 9.55 Å². The Bertz CT molecular complexity index is 891. The average Bonchev–Trinajstić information content (AvgIpc) is 3.10. The Morgan fingerprint density at radius 1 is 1.12 bits per heavy atom. The SMILES string of the molecule is CCc1ccc(/C=C/C(=O)c2ccc(OCc3nccn3C)cc2)cc1. The van der Waals surface area contributed by atoms with Gasteiger partial charge in [0, 0.05) is 25.0 Å². The van der Waals surface area contributed by atoms with E-state index in [1.54, 1.807) is 36.5 Å². The molecule has 0 saturated heterocycles. The molecule has 1 aromatic heterocycles. The van der Waals surface area contributed by atoms with Crippen molar-refractivity contribution >= 4 is 11.9 Å². The third kappa shape index (κ3) is 4.48. The van der Waals surface area contributed by atoms with Gasteiger partial charge in [0.05, 0.1) is 0 Å². The van der Waals surface area contributed by atoms with Crippen LogP contribution in [0.5, 0.6) is 5.75 Å². The Hall–Kier alpha value is -3.14. The van der Waals surface area contributed by atoms with E-state index < -0.39 is 0 Å². The van der Waals surface area contributed by atoms with Crippen LogP contribution in [0.15, 0.2) is 67.0 Å². The molecule has 0 aliphatic carbocycles. The van der Waals surface area contributed by atoms with Gasteiger partial charge < -0.3 is 9.30 Å². The van der Waals surface area contributed by atoms with Gasteiger partial charge in [-0.15, -0.1) is 0 Å². The highest BCUT2D eigenvalue weighted by Gasteiger charge is 2.04. The number of aromatic nitrogens is 2. The molecule has 0 fully saturated rings. The molecule has 0 N–H and O–H groups in total. The number of benzene rings is 2. The minimum Gasteiger partial charge on any atom is -0.486 e. The van der Waals surface area contributed by atoms with E-state index in [-0.39, 0.29) is 5.78 Å². The summed E-state index contributed by atoms with van der Waals surface area (Å²) in [6.07, 6.45) is 8.07. The second kappa shape index (κ2) is 8.30. The van der Waals surface area contributed by atoms with Crippen LogP contribution in [0.4, 0.5) is 0 Å². The molecule has 3 aromatic rings. The number of ketones is 1. The van der Waals surface area contributed by atoms with Crippen molar-refractivity contribution < 1.29 is 9.53 Å². The van der Waals surface area contributed by atoms with E-state index in [9.17, 15) is 4.79 Å². The Kier molecular flexibility index (Phi) is 5.64. The topological polar surface area (TPSA) is 44.1 Å². The molecule has 0 aliphatic rings. The van der Waals surface area contributed by atoms with E-state index in [0.29, 0.717) is 17.9 Å². The van der Waals surface area contributed by atoms with Gasteiger partial charge >= 0.3 is 0 Å². The Labute approximate surface area is 153 Å². The maximum absolute atomic E-state index is 12.3. The van der Waals surface area contributed by atoms with Crippen LogP contribution >= 0.6 is 0 Å². The van der Waals surface area contributed by atoms with Crippen molar-refractivity contribution in [2.45, 2.75) is 20.0 Å². The summed E-state index contributed by atoms with van der Waals surface area (Å²) in [7, 11) is 1.93. The normalized spacial score (nSPS) is 11.0. The third-order valence-corrected chi connectivity index (χ3v) is 4.24. The minimum absolute atomic E-state index is 0.0276. The number of hydrogen-bond acceptors (Lipinski definition) is 3. The summed E-state index contributed by atoms with van der Waals surface area (Å²) in [5, 5.41) is 0. The molecule has 0 radical (unpaired) electrons. The maximum atomic E-state index is 12.3.